The molecule has 0 saturated heterocycles. The molecule has 1 aromatic carbocycles. The second kappa shape index (κ2) is 6.86. The summed E-state index contributed by atoms with van der Waals surface area (Å²) in [7, 11) is 0. The third kappa shape index (κ3) is 3.54. The lowest BCUT2D eigenvalue weighted by Crippen LogP contribution is -2.24. The van der Waals surface area contributed by atoms with E-state index in [4.69, 9.17) is 14.2 Å². The quantitative estimate of drug-likeness (QED) is 0.808. The van der Waals surface area contributed by atoms with Gasteiger partial charge in [-0.05, 0) is 24.3 Å². The summed E-state index contributed by atoms with van der Waals surface area (Å²) in [4.78, 5) is 37.4. The van der Waals surface area contributed by atoms with Crippen molar-refractivity contribution in [3.05, 3.63) is 52.4 Å². The van der Waals surface area contributed by atoms with Crippen molar-refractivity contribution in [2.75, 3.05) is 25.1 Å². The Hall–Kier alpha value is -3.29. The topological polar surface area (TPSA) is 107 Å². The van der Waals surface area contributed by atoms with E-state index in [1.807, 2.05) is 0 Å². The molecule has 0 spiro atoms. The van der Waals surface area contributed by atoms with Crippen LogP contribution in [0.4, 0.5) is 5.69 Å². The molecule has 0 unspecified atom stereocenters. The first kappa shape index (κ1) is 15.6. The Labute approximate surface area is 136 Å². The zero-order valence-corrected chi connectivity index (χ0v) is 12.5. The lowest BCUT2D eigenvalue weighted by atomic mass is 10.2. The van der Waals surface area contributed by atoms with Gasteiger partial charge in [0.1, 0.15) is 18.8 Å². The van der Waals surface area contributed by atoms with Crippen molar-refractivity contribution in [1.82, 2.24) is 4.98 Å². The summed E-state index contributed by atoms with van der Waals surface area (Å²) in [5.41, 5.74) is -0.253. The van der Waals surface area contributed by atoms with Gasteiger partial charge in [0.2, 0.25) is 0 Å². The Kier molecular flexibility index (Phi) is 4.46. The number of H-pyrrole nitrogens is 1. The molecule has 0 radical (unpaired) electrons. The molecule has 0 bridgehead atoms. The molecule has 1 aliphatic rings. The van der Waals surface area contributed by atoms with Gasteiger partial charge in [0, 0.05) is 18.0 Å². The van der Waals surface area contributed by atoms with E-state index in [2.05, 4.69) is 10.3 Å². The van der Waals surface area contributed by atoms with Crippen LogP contribution in [0.2, 0.25) is 0 Å². The maximum Gasteiger partial charge on any atom is 0.344 e. The lowest BCUT2D eigenvalue weighted by Gasteiger charge is -2.19. The number of carbonyl (C=O) groups excluding carboxylic acids is 2. The van der Waals surface area contributed by atoms with Gasteiger partial charge in [-0.1, -0.05) is 0 Å². The molecular weight excluding hydrogens is 316 g/mol. The molecule has 1 aliphatic heterocycles. The van der Waals surface area contributed by atoms with Crippen molar-refractivity contribution in [2.45, 2.75) is 0 Å². The van der Waals surface area contributed by atoms with E-state index >= 15 is 0 Å². The first-order chi connectivity index (χ1) is 11.6. The summed E-state index contributed by atoms with van der Waals surface area (Å²) in [5, 5.41) is 2.58. The van der Waals surface area contributed by atoms with E-state index in [-0.39, 0.29) is 5.56 Å². The number of ether oxygens (including phenoxy) is 3. The summed E-state index contributed by atoms with van der Waals surface area (Å²) < 4.78 is 15.6. The molecule has 24 heavy (non-hydrogen) atoms. The number of fused-ring (bicyclic) bond motifs is 1. The number of benzene rings is 1. The van der Waals surface area contributed by atoms with Gasteiger partial charge in [-0.25, -0.2) is 4.79 Å². The van der Waals surface area contributed by atoms with Crippen molar-refractivity contribution >= 4 is 17.6 Å². The van der Waals surface area contributed by atoms with Crippen LogP contribution < -0.4 is 20.3 Å². The summed E-state index contributed by atoms with van der Waals surface area (Å²) >= 11 is 0. The number of hydrogen-bond donors (Lipinski definition) is 2. The Balaban J connectivity index is 1.57. The molecule has 2 heterocycles. The minimum Gasteiger partial charge on any atom is -0.486 e. The van der Waals surface area contributed by atoms with Crippen molar-refractivity contribution in [3.63, 3.8) is 0 Å². The number of rotatable bonds is 4. The number of anilines is 1. The van der Waals surface area contributed by atoms with E-state index in [1.54, 1.807) is 18.2 Å². The molecule has 2 N–H and O–H groups in total. The number of hydrogen-bond acceptors (Lipinski definition) is 6. The number of nitrogens with one attached hydrogen (secondary N) is 2. The van der Waals surface area contributed by atoms with Gasteiger partial charge in [0.15, 0.2) is 18.1 Å². The van der Waals surface area contributed by atoms with E-state index < -0.39 is 24.0 Å². The van der Waals surface area contributed by atoms with E-state index in [1.165, 1.54) is 18.3 Å². The number of aromatic amines is 1. The Morgan fingerprint density at radius 1 is 1.17 bits per heavy atom. The first-order valence-corrected chi connectivity index (χ1v) is 7.18. The number of esters is 1. The molecule has 2 aromatic rings. The average molecular weight is 330 g/mol. The third-order valence-electron chi connectivity index (χ3n) is 3.20. The Morgan fingerprint density at radius 2 is 1.96 bits per heavy atom. The highest BCUT2D eigenvalue weighted by Gasteiger charge is 2.15. The fourth-order valence-corrected chi connectivity index (χ4v) is 2.11. The molecule has 1 aromatic heterocycles. The van der Waals surface area contributed by atoms with Gasteiger partial charge in [-0.2, -0.15) is 0 Å². The standard InChI is InChI=1S/C16H14N2O6/c19-14(9-24-16(21)11-2-1-5-17-15(11)20)18-10-3-4-12-13(8-10)23-7-6-22-12/h1-5,8H,6-7,9H2,(H,17,20)(H,18,19). The first-order valence-electron chi connectivity index (χ1n) is 7.18. The largest absolute Gasteiger partial charge is 0.486 e. The molecule has 8 nitrogen and oxygen atoms in total. The van der Waals surface area contributed by atoms with Crippen LogP contribution in [0.5, 0.6) is 11.5 Å². The Bertz CT molecular complexity index is 829. The van der Waals surface area contributed by atoms with Crippen molar-refractivity contribution in [1.29, 1.82) is 0 Å². The lowest BCUT2D eigenvalue weighted by molar-refractivity contribution is -0.119. The van der Waals surface area contributed by atoms with Gasteiger partial charge < -0.3 is 24.5 Å². The number of carbonyl (C=O) groups is 2. The van der Waals surface area contributed by atoms with E-state index in [0.29, 0.717) is 30.4 Å². The molecule has 3 rings (SSSR count). The second-order valence-corrected chi connectivity index (χ2v) is 4.90. The van der Waals surface area contributed by atoms with Crippen LogP contribution in [-0.2, 0) is 9.53 Å². The summed E-state index contributed by atoms with van der Waals surface area (Å²) in [6, 6.07) is 7.76. The van der Waals surface area contributed by atoms with Crippen LogP contribution in [0.15, 0.2) is 41.3 Å². The second-order valence-electron chi connectivity index (χ2n) is 4.90. The fraction of sp³-hybridized carbons (Fsp3) is 0.188. The zero-order valence-electron chi connectivity index (χ0n) is 12.5. The van der Waals surface area contributed by atoms with Crippen molar-refractivity contribution < 1.29 is 23.8 Å². The van der Waals surface area contributed by atoms with Crippen LogP contribution in [0.3, 0.4) is 0 Å². The maximum atomic E-state index is 11.9. The molecule has 124 valence electrons. The van der Waals surface area contributed by atoms with Crippen molar-refractivity contribution in [3.8, 4) is 11.5 Å². The zero-order chi connectivity index (χ0) is 16.9. The molecule has 0 fully saturated rings. The highest BCUT2D eigenvalue weighted by molar-refractivity contribution is 5.95. The molecule has 0 saturated carbocycles. The summed E-state index contributed by atoms with van der Waals surface area (Å²) in [6.07, 6.45) is 1.40. The predicted molar refractivity (Wildman–Crippen MR) is 83.4 cm³/mol. The van der Waals surface area contributed by atoms with E-state index in [9.17, 15) is 14.4 Å². The SMILES string of the molecule is O=C(COC(=O)c1ccc[nH]c1=O)Nc1ccc2c(c1)OCCO2. The van der Waals surface area contributed by atoms with Gasteiger partial charge in [-0.3, -0.25) is 9.59 Å². The molecule has 0 atom stereocenters. The maximum absolute atomic E-state index is 11.9. The third-order valence-corrected chi connectivity index (χ3v) is 3.20. The van der Waals surface area contributed by atoms with E-state index in [0.717, 1.165) is 0 Å². The fourth-order valence-electron chi connectivity index (χ4n) is 2.11. The molecular formula is C16H14N2O6. The highest BCUT2D eigenvalue weighted by Crippen LogP contribution is 2.32. The molecule has 8 heteroatoms. The van der Waals surface area contributed by atoms with Crippen LogP contribution in [-0.4, -0.2) is 36.7 Å². The van der Waals surface area contributed by atoms with Crippen molar-refractivity contribution in [2.24, 2.45) is 0 Å². The number of aromatic nitrogens is 1. The average Bonchev–Trinajstić information content (AvgIpc) is 2.60. The normalized spacial score (nSPS) is 12.3. The van der Waals surface area contributed by atoms with Gasteiger partial charge in [-0.15, -0.1) is 0 Å². The molecule has 0 aliphatic carbocycles. The predicted octanol–water partition coefficient (Wildman–Crippen LogP) is 0.942. The van der Waals surface area contributed by atoms with Gasteiger partial charge in [0.25, 0.3) is 11.5 Å². The van der Waals surface area contributed by atoms with Crippen LogP contribution in [0, 0.1) is 0 Å². The number of pyridine rings is 1. The monoisotopic (exact) mass is 330 g/mol. The minimum absolute atomic E-state index is 0.162. The van der Waals surface area contributed by atoms with Gasteiger partial charge >= 0.3 is 5.97 Å². The van der Waals surface area contributed by atoms with Crippen LogP contribution in [0.25, 0.3) is 0 Å². The van der Waals surface area contributed by atoms with Crippen LogP contribution in [0.1, 0.15) is 10.4 Å². The highest BCUT2D eigenvalue weighted by atomic mass is 16.6. The number of amides is 1. The molecule has 1 amide bonds. The minimum atomic E-state index is -0.867. The summed E-state index contributed by atoms with van der Waals surface area (Å²) in [5.74, 6) is -0.262. The smallest absolute Gasteiger partial charge is 0.344 e. The van der Waals surface area contributed by atoms with Crippen LogP contribution >= 0.6 is 0 Å². The Morgan fingerprint density at radius 3 is 2.75 bits per heavy atom. The summed E-state index contributed by atoms with van der Waals surface area (Å²) in [6.45, 7) is 0.405. The van der Waals surface area contributed by atoms with Gasteiger partial charge in [0.05, 0.1) is 0 Å².